The van der Waals surface area contributed by atoms with Crippen LogP contribution >= 0.6 is 0 Å². The topological polar surface area (TPSA) is 9.86 Å². The number of para-hydroxylation sites is 3. The van der Waals surface area contributed by atoms with Crippen molar-refractivity contribution in [3.05, 3.63) is 194 Å². The van der Waals surface area contributed by atoms with Gasteiger partial charge in [-0.15, -0.1) is 0 Å². The highest BCUT2D eigenvalue weighted by atomic mass is 28.3. The van der Waals surface area contributed by atoms with Gasteiger partial charge in [0.1, 0.15) is 0 Å². The van der Waals surface area contributed by atoms with E-state index in [-0.39, 0.29) is 0 Å². The molecule has 0 radical (unpaired) electrons. The van der Waals surface area contributed by atoms with Crippen molar-refractivity contribution in [2.45, 2.75) is 0 Å². The fraction of sp³-hybridized carbons (Fsp3) is 0. The molecule has 3 heterocycles. The fourth-order valence-electron chi connectivity index (χ4n) is 9.15. The molecule has 0 bridgehead atoms. The highest BCUT2D eigenvalue weighted by Crippen LogP contribution is 2.37. The first-order valence-electron chi connectivity index (χ1n) is 17.7. The summed E-state index contributed by atoms with van der Waals surface area (Å²) < 4.78 is 4.85. The molecule has 0 aliphatic carbocycles. The summed E-state index contributed by atoms with van der Waals surface area (Å²) in [6.07, 6.45) is 0. The molecule has 51 heavy (non-hydrogen) atoms. The van der Waals surface area contributed by atoms with Gasteiger partial charge in [-0.2, -0.15) is 0 Å². The predicted octanol–water partition coefficient (Wildman–Crippen LogP) is 9.24. The second kappa shape index (κ2) is 10.8. The summed E-state index contributed by atoms with van der Waals surface area (Å²) in [5.41, 5.74) is 9.96. The van der Waals surface area contributed by atoms with Crippen LogP contribution in [0, 0.1) is 0 Å². The van der Waals surface area contributed by atoms with Crippen molar-refractivity contribution in [3.8, 4) is 22.5 Å². The molecule has 11 rings (SSSR count). The normalized spacial score (nSPS) is 13.3. The van der Waals surface area contributed by atoms with Crippen LogP contribution in [0.5, 0.6) is 0 Å². The van der Waals surface area contributed by atoms with E-state index in [0.29, 0.717) is 0 Å². The summed E-state index contributed by atoms with van der Waals surface area (Å²) in [5.74, 6) is 0. The van der Waals surface area contributed by atoms with Crippen LogP contribution in [0.3, 0.4) is 0 Å². The van der Waals surface area contributed by atoms with Crippen molar-refractivity contribution >= 4 is 72.4 Å². The van der Waals surface area contributed by atoms with Gasteiger partial charge in [0.2, 0.25) is 0 Å². The van der Waals surface area contributed by atoms with Crippen LogP contribution in [0.25, 0.3) is 66.1 Å². The van der Waals surface area contributed by atoms with Gasteiger partial charge in [-0.05, 0) is 80.4 Å². The molecule has 10 aromatic rings. The van der Waals surface area contributed by atoms with Gasteiger partial charge in [0, 0.05) is 32.9 Å². The van der Waals surface area contributed by atoms with E-state index in [4.69, 9.17) is 0 Å². The lowest BCUT2D eigenvalue weighted by Crippen LogP contribution is -2.72. The third-order valence-electron chi connectivity index (χ3n) is 11.2. The van der Waals surface area contributed by atoms with Crippen molar-refractivity contribution in [1.82, 2.24) is 9.13 Å². The highest BCUT2D eigenvalue weighted by molar-refractivity contribution is 7.22. The molecule has 3 heteroatoms. The average molecular weight is 665 g/mol. The highest BCUT2D eigenvalue weighted by Gasteiger charge is 2.48. The fourth-order valence-corrected chi connectivity index (χ4v) is 14.3. The monoisotopic (exact) mass is 664 g/mol. The SMILES string of the molecule is c1ccc([Si]2(c3ccc(-n4c5ccccc5c5cc(-n6c7ccccc7c7ccccc76)ccc54)cc3)c3ccccc3-c3ccccc32)cc1. The molecule has 0 spiro atoms. The Labute approximate surface area is 297 Å². The van der Waals surface area contributed by atoms with Gasteiger partial charge >= 0.3 is 0 Å². The average Bonchev–Trinajstić information content (AvgIpc) is 3.83. The molecule has 0 N–H and O–H groups in total. The van der Waals surface area contributed by atoms with Crippen molar-refractivity contribution in [3.63, 3.8) is 0 Å². The summed E-state index contributed by atoms with van der Waals surface area (Å²) in [7, 11) is -2.54. The van der Waals surface area contributed by atoms with Crippen LogP contribution in [-0.4, -0.2) is 17.2 Å². The van der Waals surface area contributed by atoms with Crippen molar-refractivity contribution in [2.75, 3.05) is 0 Å². The second-order valence-electron chi connectivity index (χ2n) is 13.7. The molecule has 0 saturated heterocycles. The molecule has 1 aliphatic heterocycles. The summed E-state index contributed by atoms with van der Waals surface area (Å²) in [5, 5.41) is 10.8. The molecule has 0 saturated carbocycles. The first-order valence-corrected chi connectivity index (χ1v) is 19.7. The van der Waals surface area contributed by atoms with Gasteiger partial charge in [-0.3, -0.25) is 0 Å². The van der Waals surface area contributed by atoms with Crippen molar-refractivity contribution < 1.29 is 0 Å². The van der Waals surface area contributed by atoms with Crippen molar-refractivity contribution in [1.29, 1.82) is 0 Å². The van der Waals surface area contributed by atoms with Crippen LogP contribution in [0.1, 0.15) is 0 Å². The summed E-state index contributed by atoms with van der Waals surface area (Å²) in [6, 6.07) is 72.2. The lowest BCUT2D eigenvalue weighted by molar-refractivity contribution is 1.17. The molecule has 0 fully saturated rings. The Morgan fingerprint density at radius 1 is 0.294 bits per heavy atom. The lowest BCUT2D eigenvalue weighted by Gasteiger charge is -2.31. The molecule has 1 aliphatic rings. The second-order valence-corrected chi connectivity index (χ2v) is 17.4. The molecule has 0 amide bonds. The number of aromatic nitrogens is 2. The number of rotatable bonds is 4. The van der Waals surface area contributed by atoms with Crippen molar-refractivity contribution in [2.24, 2.45) is 0 Å². The molecule has 2 nitrogen and oxygen atoms in total. The maximum atomic E-state index is 2.44. The van der Waals surface area contributed by atoms with Gasteiger partial charge < -0.3 is 9.13 Å². The van der Waals surface area contributed by atoms with E-state index >= 15 is 0 Å². The Kier molecular flexibility index (Phi) is 6.01. The van der Waals surface area contributed by atoms with E-state index in [2.05, 4.69) is 203 Å². The van der Waals surface area contributed by atoms with E-state index in [1.165, 1.54) is 86.9 Å². The third-order valence-corrected chi connectivity index (χ3v) is 16.1. The van der Waals surface area contributed by atoms with Gasteiger partial charge in [-0.25, -0.2) is 0 Å². The molecule has 8 aromatic carbocycles. The van der Waals surface area contributed by atoms with Crippen LogP contribution in [0.2, 0.25) is 0 Å². The largest absolute Gasteiger partial charge is 0.309 e. The van der Waals surface area contributed by atoms with Crippen LogP contribution in [-0.2, 0) is 0 Å². The Bertz CT molecular complexity index is 2870. The number of nitrogens with zero attached hydrogens (tertiary/aromatic N) is 2. The molecular weight excluding hydrogens is 633 g/mol. The Balaban J connectivity index is 1.12. The predicted molar refractivity (Wildman–Crippen MR) is 218 cm³/mol. The maximum Gasteiger partial charge on any atom is 0.180 e. The third kappa shape index (κ3) is 3.87. The smallest absolute Gasteiger partial charge is 0.180 e. The Morgan fingerprint density at radius 2 is 0.706 bits per heavy atom. The van der Waals surface area contributed by atoms with E-state index in [9.17, 15) is 0 Å². The molecule has 0 atom stereocenters. The summed E-state index contributed by atoms with van der Waals surface area (Å²) in [4.78, 5) is 0. The van der Waals surface area contributed by atoms with E-state index < -0.39 is 8.07 Å². The maximum absolute atomic E-state index is 2.54. The lowest BCUT2D eigenvalue weighted by atomic mass is 10.1. The van der Waals surface area contributed by atoms with E-state index in [1.54, 1.807) is 0 Å². The van der Waals surface area contributed by atoms with Crippen LogP contribution < -0.4 is 20.7 Å². The molecule has 238 valence electrons. The summed E-state index contributed by atoms with van der Waals surface area (Å²) in [6.45, 7) is 0. The minimum Gasteiger partial charge on any atom is -0.309 e. The van der Waals surface area contributed by atoms with Gasteiger partial charge in [-0.1, -0.05) is 146 Å². The number of benzene rings is 8. The van der Waals surface area contributed by atoms with Gasteiger partial charge in [0.25, 0.3) is 0 Å². The number of hydrogen-bond donors (Lipinski definition) is 0. The zero-order valence-corrected chi connectivity index (χ0v) is 28.9. The zero-order chi connectivity index (χ0) is 33.5. The molecule has 2 aromatic heterocycles. The van der Waals surface area contributed by atoms with Gasteiger partial charge in [0.05, 0.1) is 22.1 Å². The van der Waals surface area contributed by atoms with Crippen LogP contribution in [0.4, 0.5) is 0 Å². The van der Waals surface area contributed by atoms with E-state index in [0.717, 1.165) is 0 Å². The van der Waals surface area contributed by atoms with Crippen LogP contribution in [0.15, 0.2) is 194 Å². The summed E-state index contributed by atoms with van der Waals surface area (Å²) >= 11 is 0. The first-order chi connectivity index (χ1) is 25.3. The number of fused-ring (bicyclic) bond motifs is 9. The molecular formula is C48H32N2Si. The standard InChI is InChI=1S/C48H32N2Si/c1-2-14-35(15-3-1)51(47-24-12-7-19-40(47)41-20-8-13-25-48(41)51)36-29-26-33(27-30-36)49-45-23-11-6-18-39(45)42-32-34(28-31-46(42)49)50-43-21-9-4-16-37(43)38-17-5-10-22-44(38)50/h1-32H. The minimum absolute atomic E-state index is 1.17. The first kappa shape index (κ1) is 28.4. The quantitative estimate of drug-likeness (QED) is 0.166. The minimum atomic E-state index is -2.54. The Morgan fingerprint density at radius 3 is 1.29 bits per heavy atom. The zero-order valence-electron chi connectivity index (χ0n) is 27.9. The van der Waals surface area contributed by atoms with E-state index in [1.807, 2.05) is 0 Å². The van der Waals surface area contributed by atoms with Gasteiger partial charge in [0.15, 0.2) is 8.07 Å². The number of hydrogen-bond acceptors (Lipinski definition) is 0. The Hall–Kier alpha value is -6.42. The molecule has 0 unspecified atom stereocenters.